The molecule has 2 aromatic rings. The minimum atomic E-state index is 0.571. The highest BCUT2D eigenvalue weighted by molar-refractivity contribution is 7.80. The van der Waals surface area contributed by atoms with Crippen molar-refractivity contribution in [2.24, 2.45) is 7.05 Å². The van der Waals surface area contributed by atoms with Gasteiger partial charge < -0.3 is 10.6 Å². The first-order valence-corrected chi connectivity index (χ1v) is 6.56. The second-order valence-electron chi connectivity index (χ2n) is 4.24. The van der Waals surface area contributed by atoms with Gasteiger partial charge in [-0.25, -0.2) is 0 Å². The van der Waals surface area contributed by atoms with Crippen LogP contribution < -0.4 is 10.6 Å². The molecule has 2 aromatic heterocycles. The van der Waals surface area contributed by atoms with Crippen LogP contribution >= 0.6 is 12.2 Å². The van der Waals surface area contributed by atoms with Crippen molar-refractivity contribution in [1.82, 2.24) is 24.9 Å². The summed E-state index contributed by atoms with van der Waals surface area (Å²) in [5.74, 6) is 0. The Morgan fingerprint density at radius 2 is 2.26 bits per heavy atom. The topological polar surface area (TPSA) is 59.7 Å². The zero-order valence-corrected chi connectivity index (χ0v) is 12.2. The van der Waals surface area contributed by atoms with E-state index in [1.165, 1.54) is 0 Å². The van der Waals surface area contributed by atoms with Crippen molar-refractivity contribution < 1.29 is 0 Å². The average Bonchev–Trinajstić information content (AvgIpc) is 2.98. The average molecular weight is 278 g/mol. The first kappa shape index (κ1) is 13.5. The number of thiocarbonyl (C=S) groups is 1. The fourth-order valence-corrected chi connectivity index (χ4v) is 1.81. The van der Waals surface area contributed by atoms with Gasteiger partial charge in [-0.3, -0.25) is 9.36 Å². The molecule has 0 aromatic carbocycles. The monoisotopic (exact) mass is 278 g/mol. The number of aromatic nitrogens is 4. The summed E-state index contributed by atoms with van der Waals surface area (Å²) in [5, 5.41) is 15.4. The van der Waals surface area contributed by atoms with Crippen LogP contribution in [0.25, 0.3) is 0 Å². The smallest absolute Gasteiger partial charge is 0.171 e. The Kier molecular flexibility index (Phi) is 4.16. The molecule has 0 unspecified atom stereocenters. The van der Waals surface area contributed by atoms with Crippen LogP contribution in [-0.2, 0) is 20.1 Å². The highest BCUT2D eigenvalue weighted by atomic mass is 32.1. The Balaban J connectivity index is 1.86. The number of rotatable bonds is 4. The van der Waals surface area contributed by atoms with Crippen molar-refractivity contribution in [2.75, 3.05) is 5.32 Å². The molecule has 0 amide bonds. The fourth-order valence-electron chi connectivity index (χ4n) is 1.63. The van der Waals surface area contributed by atoms with Crippen molar-refractivity contribution in [3.8, 4) is 0 Å². The third-order valence-electron chi connectivity index (χ3n) is 2.93. The maximum Gasteiger partial charge on any atom is 0.171 e. The van der Waals surface area contributed by atoms with Crippen molar-refractivity contribution >= 4 is 23.0 Å². The van der Waals surface area contributed by atoms with Gasteiger partial charge in [0.25, 0.3) is 0 Å². The summed E-state index contributed by atoms with van der Waals surface area (Å²) < 4.78 is 3.69. The van der Waals surface area contributed by atoms with Crippen LogP contribution in [0.15, 0.2) is 18.5 Å². The molecule has 0 aliphatic rings. The summed E-state index contributed by atoms with van der Waals surface area (Å²) in [5.41, 5.74) is 2.92. The number of aryl methyl sites for hydroxylation is 2. The van der Waals surface area contributed by atoms with E-state index in [9.17, 15) is 0 Å². The SMILES string of the molecule is CCn1ccc(CNC(=S)Nc2cnn(C)c2C)n1. The molecular weight excluding hydrogens is 260 g/mol. The van der Waals surface area contributed by atoms with Crippen LogP contribution in [0.1, 0.15) is 18.3 Å². The maximum atomic E-state index is 5.25. The molecule has 0 aliphatic carbocycles. The molecule has 0 radical (unpaired) electrons. The van der Waals surface area contributed by atoms with E-state index >= 15 is 0 Å². The van der Waals surface area contributed by atoms with E-state index in [0.717, 1.165) is 23.6 Å². The number of nitrogens with one attached hydrogen (secondary N) is 2. The van der Waals surface area contributed by atoms with E-state index in [-0.39, 0.29) is 0 Å². The third-order valence-corrected chi connectivity index (χ3v) is 3.18. The van der Waals surface area contributed by atoms with Gasteiger partial charge in [-0.05, 0) is 32.1 Å². The molecule has 7 heteroatoms. The molecule has 0 saturated carbocycles. The van der Waals surface area contributed by atoms with Gasteiger partial charge in [0.05, 0.1) is 29.8 Å². The first-order chi connectivity index (χ1) is 9.10. The molecule has 2 heterocycles. The number of anilines is 1. The van der Waals surface area contributed by atoms with Crippen LogP contribution in [0.2, 0.25) is 0 Å². The summed E-state index contributed by atoms with van der Waals surface area (Å²) in [6.45, 7) is 5.53. The molecule has 19 heavy (non-hydrogen) atoms. The Morgan fingerprint density at radius 3 is 2.84 bits per heavy atom. The fraction of sp³-hybridized carbons (Fsp3) is 0.417. The highest BCUT2D eigenvalue weighted by Gasteiger charge is 2.05. The number of hydrogen-bond acceptors (Lipinski definition) is 3. The normalized spacial score (nSPS) is 10.5. The van der Waals surface area contributed by atoms with Crippen molar-refractivity contribution in [3.05, 3.63) is 29.8 Å². The van der Waals surface area contributed by atoms with E-state index in [1.54, 1.807) is 10.9 Å². The lowest BCUT2D eigenvalue weighted by Gasteiger charge is -2.08. The number of nitrogens with zero attached hydrogens (tertiary/aromatic N) is 4. The zero-order chi connectivity index (χ0) is 13.8. The van der Waals surface area contributed by atoms with Gasteiger partial charge in [0.1, 0.15) is 0 Å². The third kappa shape index (κ3) is 3.31. The molecule has 0 spiro atoms. The molecule has 2 N–H and O–H groups in total. The molecule has 0 saturated heterocycles. The van der Waals surface area contributed by atoms with E-state index in [1.807, 2.05) is 30.9 Å². The lowest BCUT2D eigenvalue weighted by atomic mass is 10.4. The molecule has 2 rings (SSSR count). The largest absolute Gasteiger partial charge is 0.357 e. The molecule has 102 valence electrons. The molecule has 0 aliphatic heterocycles. The van der Waals surface area contributed by atoms with Crippen LogP contribution in [0.5, 0.6) is 0 Å². The van der Waals surface area contributed by atoms with Crippen molar-refractivity contribution in [1.29, 1.82) is 0 Å². The van der Waals surface area contributed by atoms with Crippen LogP contribution in [0, 0.1) is 6.92 Å². The summed E-state index contributed by atoms with van der Waals surface area (Å²) >= 11 is 5.25. The summed E-state index contributed by atoms with van der Waals surface area (Å²) in [6, 6.07) is 1.98. The second kappa shape index (κ2) is 5.83. The number of hydrogen-bond donors (Lipinski definition) is 2. The van der Waals surface area contributed by atoms with E-state index < -0.39 is 0 Å². The Bertz CT molecular complexity index is 571. The molecule has 0 atom stereocenters. The maximum absolute atomic E-state index is 5.25. The van der Waals surface area contributed by atoms with Gasteiger partial charge in [0.15, 0.2) is 5.11 Å². The lowest BCUT2D eigenvalue weighted by molar-refractivity contribution is 0.643. The van der Waals surface area contributed by atoms with E-state index in [2.05, 4.69) is 27.8 Å². The minimum Gasteiger partial charge on any atom is -0.357 e. The van der Waals surface area contributed by atoms with Crippen LogP contribution in [0.3, 0.4) is 0 Å². The first-order valence-electron chi connectivity index (χ1n) is 6.16. The predicted molar refractivity (Wildman–Crippen MR) is 78.9 cm³/mol. The van der Waals surface area contributed by atoms with E-state index in [4.69, 9.17) is 12.2 Å². The molecular formula is C12H18N6S. The Hall–Kier alpha value is -1.89. The summed E-state index contributed by atoms with van der Waals surface area (Å²) in [4.78, 5) is 0. The summed E-state index contributed by atoms with van der Waals surface area (Å²) in [6.07, 6.45) is 3.72. The van der Waals surface area contributed by atoms with Gasteiger partial charge in [-0.15, -0.1) is 0 Å². The molecule has 0 bridgehead atoms. The molecule has 6 nitrogen and oxygen atoms in total. The zero-order valence-electron chi connectivity index (χ0n) is 11.3. The van der Waals surface area contributed by atoms with Gasteiger partial charge in [0, 0.05) is 19.8 Å². The highest BCUT2D eigenvalue weighted by Crippen LogP contribution is 2.11. The van der Waals surface area contributed by atoms with Gasteiger partial charge in [0.2, 0.25) is 0 Å². The Labute approximate surface area is 117 Å². The van der Waals surface area contributed by atoms with Crippen LogP contribution in [-0.4, -0.2) is 24.7 Å². The second-order valence-corrected chi connectivity index (χ2v) is 4.65. The van der Waals surface area contributed by atoms with E-state index in [0.29, 0.717) is 11.7 Å². The van der Waals surface area contributed by atoms with Crippen molar-refractivity contribution in [3.63, 3.8) is 0 Å². The quantitative estimate of drug-likeness (QED) is 0.829. The minimum absolute atomic E-state index is 0.571. The summed E-state index contributed by atoms with van der Waals surface area (Å²) in [7, 11) is 1.90. The standard InChI is InChI=1S/C12H18N6S/c1-4-18-6-5-10(16-18)7-13-12(19)15-11-8-14-17(3)9(11)2/h5-6,8H,4,7H2,1-3H3,(H2,13,15,19). The van der Waals surface area contributed by atoms with Gasteiger partial charge in [-0.1, -0.05) is 0 Å². The van der Waals surface area contributed by atoms with Gasteiger partial charge in [-0.2, -0.15) is 10.2 Å². The lowest BCUT2D eigenvalue weighted by Crippen LogP contribution is -2.28. The van der Waals surface area contributed by atoms with Gasteiger partial charge >= 0.3 is 0 Å². The van der Waals surface area contributed by atoms with Crippen molar-refractivity contribution in [2.45, 2.75) is 26.9 Å². The van der Waals surface area contributed by atoms with Crippen LogP contribution in [0.4, 0.5) is 5.69 Å². The predicted octanol–water partition coefficient (Wildman–Crippen LogP) is 1.43. The Morgan fingerprint density at radius 1 is 1.47 bits per heavy atom. The molecule has 0 fully saturated rings.